The number of fused-ring (bicyclic) bond motifs is 1. The van der Waals surface area contributed by atoms with Crippen molar-refractivity contribution < 1.29 is 0 Å². The molecule has 0 amide bonds. The lowest BCUT2D eigenvalue weighted by molar-refractivity contribution is 0.790. The zero-order valence-corrected chi connectivity index (χ0v) is 14.5. The normalized spacial score (nSPS) is 11.2. The molecule has 5 nitrogen and oxygen atoms in total. The highest BCUT2D eigenvalue weighted by Crippen LogP contribution is 2.19. The van der Waals surface area contributed by atoms with Crippen molar-refractivity contribution in [3.8, 4) is 11.4 Å². The molecule has 0 unspecified atom stereocenters. The SMILES string of the molecule is Cc1ccc(-n2nc(C)c3cnn(-c4ccc(Cl)cc4)c3c2=O)cc1. The molecule has 0 aliphatic heterocycles. The van der Waals surface area contributed by atoms with Gasteiger partial charge >= 0.3 is 0 Å². The summed E-state index contributed by atoms with van der Waals surface area (Å²) in [6, 6.07) is 14.9. The molecule has 0 aliphatic carbocycles. The summed E-state index contributed by atoms with van der Waals surface area (Å²) in [7, 11) is 0. The molecular formula is C19H15ClN4O. The van der Waals surface area contributed by atoms with Gasteiger partial charge in [-0.25, -0.2) is 4.68 Å². The fourth-order valence-electron chi connectivity index (χ4n) is 2.81. The Morgan fingerprint density at radius 1 is 0.880 bits per heavy atom. The van der Waals surface area contributed by atoms with E-state index in [1.807, 2.05) is 50.2 Å². The van der Waals surface area contributed by atoms with Crippen LogP contribution < -0.4 is 5.56 Å². The Bertz CT molecular complexity index is 1130. The minimum Gasteiger partial charge on any atom is -0.265 e. The predicted octanol–water partition coefficient (Wildman–Crippen LogP) is 3.84. The van der Waals surface area contributed by atoms with E-state index in [1.54, 1.807) is 23.0 Å². The number of benzene rings is 2. The first-order valence-electron chi connectivity index (χ1n) is 7.85. The van der Waals surface area contributed by atoms with E-state index in [-0.39, 0.29) is 5.56 Å². The summed E-state index contributed by atoms with van der Waals surface area (Å²) in [4.78, 5) is 13.1. The monoisotopic (exact) mass is 350 g/mol. The van der Waals surface area contributed by atoms with Gasteiger partial charge < -0.3 is 0 Å². The van der Waals surface area contributed by atoms with E-state index in [9.17, 15) is 4.79 Å². The summed E-state index contributed by atoms with van der Waals surface area (Å²) in [5, 5.41) is 10.2. The third-order valence-electron chi connectivity index (χ3n) is 4.15. The fraction of sp³-hybridized carbons (Fsp3) is 0.105. The number of halogens is 1. The fourth-order valence-corrected chi connectivity index (χ4v) is 2.93. The average Bonchev–Trinajstić information content (AvgIpc) is 3.06. The second kappa shape index (κ2) is 5.86. The highest BCUT2D eigenvalue weighted by Gasteiger charge is 2.15. The minimum absolute atomic E-state index is 0.211. The van der Waals surface area contributed by atoms with Crippen molar-refractivity contribution in [1.29, 1.82) is 0 Å². The third-order valence-corrected chi connectivity index (χ3v) is 4.41. The highest BCUT2D eigenvalue weighted by molar-refractivity contribution is 6.30. The molecule has 0 bridgehead atoms. The number of aryl methyl sites for hydroxylation is 2. The van der Waals surface area contributed by atoms with Gasteiger partial charge in [-0.3, -0.25) is 4.79 Å². The number of aromatic nitrogens is 4. The molecule has 25 heavy (non-hydrogen) atoms. The van der Waals surface area contributed by atoms with E-state index in [2.05, 4.69) is 10.2 Å². The van der Waals surface area contributed by atoms with Crippen molar-refractivity contribution in [2.24, 2.45) is 0 Å². The molecule has 0 aliphatic rings. The second-order valence-electron chi connectivity index (χ2n) is 5.93. The standard InChI is InChI=1S/C19H15ClN4O/c1-12-3-7-16(8-4-12)24-19(25)18-17(13(2)22-24)11-21-23(18)15-9-5-14(20)6-10-15/h3-11H,1-2H3. The Hall–Kier alpha value is -2.92. The van der Waals surface area contributed by atoms with Crippen LogP contribution in [0.25, 0.3) is 22.3 Å². The number of hydrogen-bond acceptors (Lipinski definition) is 3. The van der Waals surface area contributed by atoms with Crippen LogP contribution in [0, 0.1) is 13.8 Å². The van der Waals surface area contributed by atoms with Crippen LogP contribution >= 0.6 is 11.6 Å². The van der Waals surface area contributed by atoms with Crippen molar-refractivity contribution in [3.05, 3.63) is 81.4 Å². The summed E-state index contributed by atoms with van der Waals surface area (Å²) < 4.78 is 3.05. The van der Waals surface area contributed by atoms with Gasteiger partial charge in [0.15, 0.2) is 0 Å². The van der Waals surface area contributed by atoms with Gasteiger partial charge in [-0.05, 0) is 50.2 Å². The Labute approximate surface area is 149 Å². The lowest BCUT2D eigenvalue weighted by Gasteiger charge is -2.09. The molecule has 2 aromatic heterocycles. The van der Waals surface area contributed by atoms with Crippen molar-refractivity contribution in [2.45, 2.75) is 13.8 Å². The molecule has 4 aromatic rings. The molecule has 6 heteroatoms. The summed E-state index contributed by atoms with van der Waals surface area (Å²) in [5.74, 6) is 0. The predicted molar refractivity (Wildman–Crippen MR) is 98.9 cm³/mol. The maximum atomic E-state index is 13.1. The van der Waals surface area contributed by atoms with Gasteiger partial charge in [0.2, 0.25) is 0 Å². The Kier molecular flexibility index (Phi) is 3.66. The van der Waals surface area contributed by atoms with Gasteiger partial charge in [0.1, 0.15) is 5.52 Å². The van der Waals surface area contributed by atoms with Crippen LogP contribution in [0.15, 0.2) is 59.5 Å². The topological polar surface area (TPSA) is 52.7 Å². The van der Waals surface area contributed by atoms with Crippen molar-refractivity contribution >= 4 is 22.5 Å². The first-order chi connectivity index (χ1) is 12.0. The smallest absolute Gasteiger partial charge is 0.265 e. The van der Waals surface area contributed by atoms with Gasteiger partial charge in [0.05, 0.1) is 23.3 Å². The van der Waals surface area contributed by atoms with Crippen LogP contribution in [0.3, 0.4) is 0 Å². The first kappa shape index (κ1) is 15.6. The molecule has 0 N–H and O–H groups in total. The van der Waals surface area contributed by atoms with Gasteiger partial charge in [0.25, 0.3) is 5.56 Å². The zero-order valence-electron chi connectivity index (χ0n) is 13.8. The molecule has 0 atom stereocenters. The summed E-state index contributed by atoms with van der Waals surface area (Å²) in [6.07, 6.45) is 1.67. The van der Waals surface area contributed by atoms with E-state index in [0.717, 1.165) is 28.0 Å². The van der Waals surface area contributed by atoms with Crippen molar-refractivity contribution in [2.75, 3.05) is 0 Å². The van der Waals surface area contributed by atoms with Crippen LogP contribution in [0.1, 0.15) is 11.3 Å². The number of rotatable bonds is 2. The van der Waals surface area contributed by atoms with Gasteiger partial charge in [0, 0.05) is 10.4 Å². The largest absolute Gasteiger partial charge is 0.298 e. The van der Waals surface area contributed by atoms with E-state index in [1.165, 1.54) is 4.68 Å². The summed E-state index contributed by atoms with van der Waals surface area (Å²) >= 11 is 5.96. The Balaban J connectivity index is 2.00. The average molecular weight is 351 g/mol. The van der Waals surface area contributed by atoms with Crippen LogP contribution in [0.5, 0.6) is 0 Å². The van der Waals surface area contributed by atoms with Crippen LogP contribution in [0.4, 0.5) is 0 Å². The van der Waals surface area contributed by atoms with E-state index in [4.69, 9.17) is 11.6 Å². The lowest BCUT2D eigenvalue weighted by Crippen LogP contribution is -2.24. The first-order valence-corrected chi connectivity index (χ1v) is 8.23. The van der Waals surface area contributed by atoms with E-state index < -0.39 is 0 Å². The summed E-state index contributed by atoms with van der Waals surface area (Å²) in [5.41, 5.74) is 3.66. The van der Waals surface area contributed by atoms with Crippen LogP contribution in [0.2, 0.25) is 5.02 Å². The van der Waals surface area contributed by atoms with E-state index in [0.29, 0.717) is 10.5 Å². The quantitative estimate of drug-likeness (QED) is 0.552. The molecular weight excluding hydrogens is 336 g/mol. The Morgan fingerprint density at radius 2 is 1.48 bits per heavy atom. The molecule has 2 aromatic carbocycles. The van der Waals surface area contributed by atoms with Crippen molar-refractivity contribution in [3.63, 3.8) is 0 Å². The van der Waals surface area contributed by atoms with Gasteiger partial charge in [-0.2, -0.15) is 14.9 Å². The molecule has 0 fully saturated rings. The molecule has 4 rings (SSSR count). The van der Waals surface area contributed by atoms with Gasteiger partial charge in [-0.15, -0.1) is 0 Å². The molecule has 0 saturated heterocycles. The molecule has 0 radical (unpaired) electrons. The third kappa shape index (κ3) is 2.62. The molecule has 0 spiro atoms. The Morgan fingerprint density at radius 3 is 2.16 bits per heavy atom. The maximum absolute atomic E-state index is 13.1. The molecule has 124 valence electrons. The van der Waals surface area contributed by atoms with Crippen LogP contribution in [-0.4, -0.2) is 19.6 Å². The highest BCUT2D eigenvalue weighted by atomic mass is 35.5. The zero-order chi connectivity index (χ0) is 17.6. The summed E-state index contributed by atoms with van der Waals surface area (Å²) in [6.45, 7) is 3.88. The van der Waals surface area contributed by atoms with Gasteiger partial charge in [-0.1, -0.05) is 29.3 Å². The minimum atomic E-state index is -0.211. The second-order valence-corrected chi connectivity index (χ2v) is 6.37. The lowest BCUT2D eigenvalue weighted by atomic mass is 10.2. The maximum Gasteiger partial charge on any atom is 0.298 e. The number of hydrogen-bond donors (Lipinski definition) is 0. The number of nitrogens with zero attached hydrogens (tertiary/aromatic N) is 4. The molecule has 2 heterocycles. The van der Waals surface area contributed by atoms with E-state index >= 15 is 0 Å². The van der Waals surface area contributed by atoms with Crippen LogP contribution in [-0.2, 0) is 0 Å². The van der Waals surface area contributed by atoms with Crippen molar-refractivity contribution in [1.82, 2.24) is 19.6 Å². The molecule has 0 saturated carbocycles.